The normalized spacial score (nSPS) is 19.9. The Bertz CT molecular complexity index is 467. The molecule has 130 valence electrons. The first-order valence-corrected chi connectivity index (χ1v) is 7.93. The van der Waals surface area contributed by atoms with E-state index in [-0.39, 0.29) is 30.3 Å². The summed E-state index contributed by atoms with van der Waals surface area (Å²) >= 11 is 0. The molecule has 2 atom stereocenters. The molecule has 1 aromatic rings. The lowest BCUT2D eigenvalue weighted by Crippen LogP contribution is -2.31. The molecule has 1 aromatic carbocycles. The van der Waals surface area contributed by atoms with Crippen LogP contribution in [0.2, 0.25) is 0 Å². The van der Waals surface area contributed by atoms with Gasteiger partial charge < -0.3 is 20.5 Å². The number of nitrogens with one attached hydrogen (secondary N) is 1. The van der Waals surface area contributed by atoms with Crippen LogP contribution in [0.15, 0.2) is 24.3 Å². The quantitative estimate of drug-likeness (QED) is 0.711. The minimum atomic E-state index is 0. The van der Waals surface area contributed by atoms with Gasteiger partial charge in [-0.15, -0.1) is 12.4 Å². The smallest absolute Gasteiger partial charge is 0.223 e. The molecule has 0 bridgehead atoms. The number of methoxy groups -OCH3 is 1. The first-order chi connectivity index (χ1) is 10.7. The third kappa shape index (κ3) is 6.77. The minimum absolute atomic E-state index is 0. The Hall–Kier alpha value is -1.30. The number of ether oxygens (including phenoxy) is 2. The van der Waals surface area contributed by atoms with Crippen molar-refractivity contribution >= 4 is 18.3 Å². The van der Waals surface area contributed by atoms with Crippen LogP contribution in [0.3, 0.4) is 0 Å². The van der Waals surface area contributed by atoms with Gasteiger partial charge in [-0.3, -0.25) is 4.79 Å². The van der Waals surface area contributed by atoms with Gasteiger partial charge in [0.25, 0.3) is 0 Å². The van der Waals surface area contributed by atoms with E-state index in [0.29, 0.717) is 19.8 Å². The lowest BCUT2D eigenvalue weighted by Gasteiger charge is -2.11. The second-order valence-electron chi connectivity index (χ2n) is 5.82. The molecular weight excluding hydrogens is 316 g/mol. The van der Waals surface area contributed by atoms with Crippen molar-refractivity contribution in [3.63, 3.8) is 0 Å². The van der Waals surface area contributed by atoms with Gasteiger partial charge in [-0.05, 0) is 43.4 Å². The summed E-state index contributed by atoms with van der Waals surface area (Å²) in [4.78, 5) is 11.9. The number of nitrogens with two attached hydrogens (primary N) is 1. The van der Waals surface area contributed by atoms with E-state index in [0.717, 1.165) is 37.0 Å². The van der Waals surface area contributed by atoms with E-state index in [1.54, 1.807) is 7.11 Å². The maximum absolute atomic E-state index is 11.9. The van der Waals surface area contributed by atoms with Gasteiger partial charge in [0.05, 0.1) is 13.7 Å². The maximum Gasteiger partial charge on any atom is 0.223 e. The average molecular weight is 343 g/mol. The Kier molecular flexibility index (Phi) is 8.99. The molecule has 1 saturated carbocycles. The molecule has 1 aliphatic carbocycles. The fourth-order valence-electron chi connectivity index (χ4n) is 2.70. The third-order valence-corrected chi connectivity index (χ3v) is 4.04. The zero-order chi connectivity index (χ0) is 15.8. The van der Waals surface area contributed by atoms with Crippen molar-refractivity contribution < 1.29 is 14.3 Å². The summed E-state index contributed by atoms with van der Waals surface area (Å²) < 4.78 is 10.7. The van der Waals surface area contributed by atoms with E-state index in [9.17, 15) is 4.79 Å². The number of rotatable bonds is 8. The monoisotopic (exact) mass is 342 g/mol. The van der Waals surface area contributed by atoms with Gasteiger partial charge in [0, 0.05) is 25.1 Å². The first kappa shape index (κ1) is 19.7. The molecule has 0 spiro atoms. The van der Waals surface area contributed by atoms with E-state index >= 15 is 0 Å². The Labute approximate surface area is 144 Å². The molecule has 1 aliphatic rings. The van der Waals surface area contributed by atoms with Gasteiger partial charge in [0.2, 0.25) is 5.91 Å². The highest BCUT2D eigenvalue weighted by molar-refractivity contribution is 5.85. The summed E-state index contributed by atoms with van der Waals surface area (Å²) in [6.45, 7) is 1.87. The lowest BCUT2D eigenvalue weighted by atomic mass is 10.1. The van der Waals surface area contributed by atoms with Gasteiger partial charge in [-0.2, -0.15) is 0 Å². The van der Waals surface area contributed by atoms with Crippen molar-refractivity contribution in [2.24, 2.45) is 11.7 Å². The lowest BCUT2D eigenvalue weighted by molar-refractivity contribution is -0.124. The molecule has 0 aliphatic heterocycles. The van der Waals surface area contributed by atoms with Crippen molar-refractivity contribution in [1.29, 1.82) is 0 Å². The van der Waals surface area contributed by atoms with E-state index < -0.39 is 0 Å². The number of carbonyl (C=O) groups excluding carboxylic acids is 1. The number of halogens is 1. The van der Waals surface area contributed by atoms with Crippen LogP contribution in [-0.4, -0.2) is 32.2 Å². The van der Waals surface area contributed by atoms with Gasteiger partial charge in [-0.25, -0.2) is 0 Å². The fourth-order valence-corrected chi connectivity index (χ4v) is 2.70. The van der Waals surface area contributed by atoms with Crippen molar-refractivity contribution in [3.8, 4) is 5.75 Å². The third-order valence-electron chi connectivity index (χ3n) is 4.04. The number of hydrogen-bond donors (Lipinski definition) is 2. The molecule has 5 nitrogen and oxygen atoms in total. The van der Waals surface area contributed by atoms with E-state index in [4.69, 9.17) is 15.2 Å². The Morgan fingerprint density at radius 1 is 1.30 bits per heavy atom. The number of amides is 1. The molecule has 6 heteroatoms. The molecule has 2 rings (SSSR count). The van der Waals surface area contributed by atoms with Crippen LogP contribution in [0, 0.1) is 5.92 Å². The number of carbonyl (C=O) groups is 1. The second kappa shape index (κ2) is 10.5. The van der Waals surface area contributed by atoms with Crippen molar-refractivity contribution in [2.45, 2.75) is 38.3 Å². The Balaban J connectivity index is 0.00000264. The molecule has 0 aromatic heterocycles. The molecule has 1 amide bonds. The summed E-state index contributed by atoms with van der Waals surface area (Å²) in [6.07, 6.45) is 3.52. The van der Waals surface area contributed by atoms with Gasteiger partial charge in [0.1, 0.15) is 5.75 Å². The fraction of sp³-hybridized carbons (Fsp3) is 0.588. The van der Waals surface area contributed by atoms with E-state index in [1.165, 1.54) is 0 Å². The van der Waals surface area contributed by atoms with Crippen LogP contribution in [0.25, 0.3) is 0 Å². The molecule has 3 N–H and O–H groups in total. The number of benzene rings is 1. The zero-order valence-electron chi connectivity index (χ0n) is 13.6. The van der Waals surface area contributed by atoms with Crippen LogP contribution in [0.1, 0.15) is 31.2 Å². The molecule has 0 heterocycles. The van der Waals surface area contributed by atoms with Gasteiger partial charge in [0.15, 0.2) is 0 Å². The minimum Gasteiger partial charge on any atom is -0.497 e. The first-order valence-electron chi connectivity index (χ1n) is 7.93. The molecule has 2 unspecified atom stereocenters. The molecular formula is C17H27ClN2O3. The predicted molar refractivity (Wildman–Crippen MR) is 92.8 cm³/mol. The highest BCUT2D eigenvalue weighted by atomic mass is 35.5. The summed E-state index contributed by atoms with van der Waals surface area (Å²) in [5, 5.41) is 2.97. The summed E-state index contributed by atoms with van der Waals surface area (Å²) in [5.74, 6) is 1.09. The molecule has 23 heavy (non-hydrogen) atoms. The molecule has 1 fully saturated rings. The summed E-state index contributed by atoms with van der Waals surface area (Å²) in [5.41, 5.74) is 6.94. The average Bonchev–Trinajstić information content (AvgIpc) is 2.97. The Morgan fingerprint density at radius 2 is 2.04 bits per heavy atom. The highest BCUT2D eigenvalue weighted by Gasteiger charge is 2.27. The van der Waals surface area contributed by atoms with Gasteiger partial charge >= 0.3 is 0 Å². The maximum atomic E-state index is 11.9. The topological polar surface area (TPSA) is 73.6 Å². The van der Waals surface area contributed by atoms with E-state index in [2.05, 4.69) is 5.32 Å². The van der Waals surface area contributed by atoms with Crippen molar-refractivity contribution in [1.82, 2.24) is 5.32 Å². The molecule has 0 saturated heterocycles. The SMILES string of the molecule is COc1ccc(COCCCNC(=O)C2CCC(N)C2)cc1.Cl. The second-order valence-corrected chi connectivity index (χ2v) is 5.82. The van der Waals surface area contributed by atoms with Crippen LogP contribution in [0.4, 0.5) is 0 Å². The van der Waals surface area contributed by atoms with E-state index in [1.807, 2.05) is 24.3 Å². The van der Waals surface area contributed by atoms with Crippen molar-refractivity contribution in [2.75, 3.05) is 20.3 Å². The van der Waals surface area contributed by atoms with Crippen molar-refractivity contribution in [3.05, 3.63) is 29.8 Å². The predicted octanol–water partition coefficient (Wildman–Crippen LogP) is 2.27. The largest absolute Gasteiger partial charge is 0.497 e. The summed E-state index contributed by atoms with van der Waals surface area (Å²) in [7, 11) is 1.65. The standard InChI is InChI=1S/C17H26N2O3.ClH/c1-21-16-7-3-13(4-8-16)12-22-10-2-9-19-17(20)14-5-6-15(18)11-14;/h3-4,7-8,14-15H,2,5-6,9-12,18H2,1H3,(H,19,20);1H. The van der Waals surface area contributed by atoms with Crippen LogP contribution in [-0.2, 0) is 16.1 Å². The Morgan fingerprint density at radius 3 is 2.65 bits per heavy atom. The van der Waals surface area contributed by atoms with Crippen LogP contribution >= 0.6 is 12.4 Å². The molecule has 0 radical (unpaired) electrons. The highest BCUT2D eigenvalue weighted by Crippen LogP contribution is 2.23. The number of hydrogen-bond acceptors (Lipinski definition) is 4. The van der Waals surface area contributed by atoms with Gasteiger partial charge in [-0.1, -0.05) is 12.1 Å². The van der Waals surface area contributed by atoms with Crippen LogP contribution < -0.4 is 15.8 Å². The summed E-state index contributed by atoms with van der Waals surface area (Å²) in [6, 6.07) is 8.02. The zero-order valence-corrected chi connectivity index (χ0v) is 14.4. The van der Waals surface area contributed by atoms with Crippen LogP contribution in [0.5, 0.6) is 5.75 Å².